The van der Waals surface area contributed by atoms with Crippen LogP contribution in [0, 0.1) is 12.7 Å². The van der Waals surface area contributed by atoms with Gasteiger partial charge in [0.2, 0.25) is 0 Å². The number of benzene rings is 1. The molecule has 2 aliphatic rings. The lowest BCUT2D eigenvalue weighted by molar-refractivity contribution is 0.0621. The largest absolute Gasteiger partial charge is 0.330 e. The first-order valence-electron chi connectivity index (χ1n) is 7.74. The molecule has 1 amide bonds. The van der Waals surface area contributed by atoms with Gasteiger partial charge in [-0.1, -0.05) is 0 Å². The number of nitrogens with one attached hydrogen (secondary N) is 1. The Morgan fingerprint density at radius 2 is 2.00 bits per heavy atom. The van der Waals surface area contributed by atoms with Crippen LogP contribution in [-0.2, 0) is 0 Å². The third-order valence-electron chi connectivity index (χ3n) is 4.74. The van der Waals surface area contributed by atoms with E-state index in [1.807, 2.05) is 17.9 Å². The predicted octanol–water partition coefficient (Wildman–Crippen LogP) is 2.26. The maximum atomic E-state index is 13.4. The minimum Gasteiger partial charge on any atom is -0.330 e. The predicted molar refractivity (Wildman–Crippen MR) is 82.3 cm³/mol. The zero-order chi connectivity index (χ0) is 15.3. The molecule has 3 heterocycles. The fourth-order valence-corrected chi connectivity index (χ4v) is 3.76. The van der Waals surface area contributed by atoms with Gasteiger partial charge in [-0.3, -0.25) is 9.78 Å². The van der Waals surface area contributed by atoms with Gasteiger partial charge in [0.15, 0.2) is 0 Å². The number of halogens is 1. The highest BCUT2D eigenvalue weighted by Gasteiger charge is 2.40. The van der Waals surface area contributed by atoms with Crippen molar-refractivity contribution in [2.75, 3.05) is 13.1 Å². The van der Waals surface area contributed by atoms with E-state index < -0.39 is 0 Å². The van der Waals surface area contributed by atoms with Crippen molar-refractivity contribution < 1.29 is 9.18 Å². The Morgan fingerprint density at radius 3 is 2.73 bits per heavy atom. The standard InChI is InChI=1S/C17H18FN3O/c1-10-6-15(14-5-2-11(18)7-16(14)20-10)17(22)21-12-3-4-13(21)9-19-8-12/h2,5-7,12-13,19H,3-4,8-9H2,1H3/t12-,13+. The molecular formula is C17H18FN3O. The van der Waals surface area contributed by atoms with Crippen molar-refractivity contribution in [3.8, 4) is 0 Å². The molecule has 2 atom stereocenters. The van der Waals surface area contributed by atoms with Crippen LogP contribution in [0.4, 0.5) is 4.39 Å². The third-order valence-corrected chi connectivity index (χ3v) is 4.74. The van der Waals surface area contributed by atoms with Crippen LogP contribution in [0.15, 0.2) is 24.3 Å². The number of fused-ring (bicyclic) bond motifs is 3. The Bertz CT molecular complexity index is 740. The van der Waals surface area contributed by atoms with Crippen molar-refractivity contribution >= 4 is 16.8 Å². The molecule has 2 saturated heterocycles. The van der Waals surface area contributed by atoms with Gasteiger partial charge in [0.1, 0.15) is 5.82 Å². The van der Waals surface area contributed by atoms with E-state index in [9.17, 15) is 9.18 Å². The number of aryl methyl sites for hydroxylation is 1. The summed E-state index contributed by atoms with van der Waals surface area (Å²) in [6.07, 6.45) is 2.11. The number of hydrogen-bond donors (Lipinski definition) is 1. The molecule has 4 rings (SSSR count). The molecule has 0 spiro atoms. The Hall–Kier alpha value is -2.01. The Morgan fingerprint density at radius 1 is 1.27 bits per heavy atom. The number of nitrogens with zero attached hydrogens (tertiary/aromatic N) is 2. The number of carbonyl (C=O) groups is 1. The monoisotopic (exact) mass is 299 g/mol. The van der Waals surface area contributed by atoms with Crippen LogP contribution in [0.25, 0.3) is 10.9 Å². The van der Waals surface area contributed by atoms with Crippen LogP contribution in [0.5, 0.6) is 0 Å². The second-order valence-corrected chi connectivity index (χ2v) is 6.23. The van der Waals surface area contributed by atoms with Gasteiger partial charge in [-0.25, -0.2) is 4.39 Å². The molecule has 2 fully saturated rings. The highest BCUT2D eigenvalue weighted by molar-refractivity contribution is 6.06. The molecule has 1 aromatic heterocycles. The number of amides is 1. The first kappa shape index (κ1) is 13.6. The summed E-state index contributed by atoms with van der Waals surface area (Å²) in [6.45, 7) is 3.56. The Balaban J connectivity index is 1.82. The number of pyridine rings is 1. The Labute approximate surface area is 128 Å². The van der Waals surface area contributed by atoms with E-state index in [-0.39, 0.29) is 23.8 Å². The smallest absolute Gasteiger partial charge is 0.255 e. The number of hydrogen-bond acceptors (Lipinski definition) is 3. The minimum absolute atomic E-state index is 0.0520. The van der Waals surface area contributed by atoms with Crippen molar-refractivity contribution in [3.05, 3.63) is 41.3 Å². The fraction of sp³-hybridized carbons (Fsp3) is 0.412. The van der Waals surface area contributed by atoms with Crippen molar-refractivity contribution in [3.63, 3.8) is 0 Å². The fourth-order valence-electron chi connectivity index (χ4n) is 3.76. The number of rotatable bonds is 1. The molecule has 1 N–H and O–H groups in total. The first-order valence-corrected chi connectivity index (χ1v) is 7.74. The quantitative estimate of drug-likeness (QED) is 0.878. The first-order chi connectivity index (χ1) is 10.6. The van der Waals surface area contributed by atoms with Crippen molar-refractivity contribution in [1.82, 2.24) is 15.2 Å². The SMILES string of the molecule is Cc1cc(C(=O)N2[C@@H]3CC[C@H]2CNC3)c2ccc(F)cc2n1. The van der Waals surface area contributed by atoms with Gasteiger partial charge in [-0.2, -0.15) is 0 Å². The summed E-state index contributed by atoms with van der Waals surface area (Å²) in [5.41, 5.74) is 1.93. The summed E-state index contributed by atoms with van der Waals surface area (Å²) in [7, 11) is 0. The average Bonchev–Trinajstić information content (AvgIpc) is 2.74. The van der Waals surface area contributed by atoms with Gasteiger partial charge in [0.25, 0.3) is 5.91 Å². The molecule has 22 heavy (non-hydrogen) atoms. The van der Waals surface area contributed by atoms with Crippen LogP contribution >= 0.6 is 0 Å². The van der Waals surface area contributed by atoms with E-state index in [1.54, 1.807) is 6.07 Å². The van der Waals surface area contributed by atoms with Crippen molar-refractivity contribution in [1.29, 1.82) is 0 Å². The van der Waals surface area contributed by atoms with E-state index in [2.05, 4.69) is 10.3 Å². The number of carbonyl (C=O) groups excluding carboxylic acids is 1. The lowest BCUT2D eigenvalue weighted by atomic mass is 10.0. The average molecular weight is 299 g/mol. The van der Waals surface area contributed by atoms with E-state index in [0.717, 1.165) is 37.0 Å². The van der Waals surface area contributed by atoms with Gasteiger partial charge in [-0.15, -0.1) is 0 Å². The van der Waals surface area contributed by atoms with E-state index in [0.29, 0.717) is 11.1 Å². The van der Waals surface area contributed by atoms with Gasteiger partial charge < -0.3 is 10.2 Å². The highest BCUT2D eigenvalue weighted by Crippen LogP contribution is 2.30. The molecule has 5 heteroatoms. The molecule has 0 radical (unpaired) electrons. The normalized spacial score (nSPS) is 24.0. The maximum absolute atomic E-state index is 13.4. The summed E-state index contributed by atoms with van der Waals surface area (Å²) in [6, 6.07) is 6.82. The van der Waals surface area contributed by atoms with Crippen molar-refractivity contribution in [2.24, 2.45) is 0 Å². The highest BCUT2D eigenvalue weighted by atomic mass is 19.1. The van der Waals surface area contributed by atoms with E-state index >= 15 is 0 Å². The van der Waals surface area contributed by atoms with Gasteiger partial charge in [0.05, 0.1) is 11.1 Å². The second kappa shape index (κ2) is 5.02. The van der Waals surface area contributed by atoms with E-state index in [1.165, 1.54) is 12.1 Å². The summed E-state index contributed by atoms with van der Waals surface area (Å²) in [5, 5.41) is 4.11. The van der Waals surface area contributed by atoms with Crippen LogP contribution in [0.3, 0.4) is 0 Å². The summed E-state index contributed by atoms with van der Waals surface area (Å²) in [4.78, 5) is 19.5. The van der Waals surface area contributed by atoms with Crippen LogP contribution in [0.1, 0.15) is 28.9 Å². The molecule has 0 unspecified atom stereocenters. The van der Waals surface area contributed by atoms with Gasteiger partial charge in [-0.05, 0) is 38.0 Å². The van der Waals surface area contributed by atoms with Crippen LogP contribution in [0.2, 0.25) is 0 Å². The van der Waals surface area contributed by atoms with Crippen molar-refractivity contribution in [2.45, 2.75) is 31.8 Å². The molecule has 2 aromatic rings. The van der Waals surface area contributed by atoms with E-state index in [4.69, 9.17) is 0 Å². The molecule has 1 aromatic carbocycles. The molecule has 114 valence electrons. The lowest BCUT2D eigenvalue weighted by Gasteiger charge is -2.35. The molecular weight excluding hydrogens is 281 g/mol. The zero-order valence-electron chi connectivity index (χ0n) is 12.5. The van der Waals surface area contributed by atoms with Crippen LogP contribution in [-0.4, -0.2) is 41.0 Å². The third kappa shape index (κ3) is 2.08. The Kier molecular flexibility index (Phi) is 3.11. The summed E-state index contributed by atoms with van der Waals surface area (Å²) in [5.74, 6) is -0.276. The summed E-state index contributed by atoms with van der Waals surface area (Å²) >= 11 is 0. The number of aromatic nitrogens is 1. The minimum atomic E-state index is -0.328. The molecule has 0 saturated carbocycles. The molecule has 2 aliphatic heterocycles. The maximum Gasteiger partial charge on any atom is 0.255 e. The topological polar surface area (TPSA) is 45.2 Å². The van der Waals surface area contributed by atoms with Crippen LogP contribution < -0.4 is 5.32 Å². The lowest BCUT2D eigenvalue weighted by Crippen LogP contribution is -2.54. The number of piperazine rings is 1. The van der Waals surface area contributed by atoms with Gasteiger partial charge in [0, 0.05) is 42.3 Å². The molecule has 2 bridgehead atoms. The zero-order valence-corrected chi connectivity index (χ0v) is 12.5. The molecule has 0 aliphatic carbocycles. The van der Waals surface area contributed by atoms with Gasteiger partial charge >= 0.3 is 0 Å². The molecule has 4 nitrogen and oxygen atoms in total. The summed E-state index contributed by atoms with van der Waals surface area (Å²) < 4.78 is 13.4. The second-order valence-electron chi connectivity index (χ2n) is 6.23.